The molecule has 2 aromatic rings. The maximum absolute atomic E-state index is 12.5. The standard InChI is InChI=1S/C21H30N4O7S/c1-13(2)9-15(23-20(29)16-12-32-21(24-16)25-33(3,30)31)19(28)17(26)10-18(27)22-11-14-7-5-4-6-8-14/h4-8,12-13,15,17,19,26,28H,9-11H2,1-3H3,(H,22,27)(H,23,29)(H,24,25). The van der Waals surface area contributed by atoms with Crippen molar-refractivity contribution in [2.45, 2.75) is 51.5 Å². The lowest BCUT2D eigenvalue weighted by Crippen LogP contribution is -2.50. The summed E-state index contributed by atoms with van der Waals surface area (Å²) in [6.45, 7) is 4.02. The molecule has 3 atom stereocenters. The molecular weight excluding hydrogens is 452 g/mol. The lowest BCUT2D eigenvalue weighted by Gasteiger charge is -2.28. The van der Waals surface area contributed by atoms with Gasteiger partial charge >= 0.3 is 6.01 Å². The Morgan fingerprint density at radius 3 is 2.42 bits per heavy atom. The fraction of sp³-hybridized carbons (Fsp3) is 0.476. The summed E-state index contributed by atoms with van der Waals surface area (Å²) in [6.07, 6.45) is -1.03. The van der Waals surface area contributed by atoms with Crippen LogP contribution in [0.1, 0.15) is 42.7 Å². The molecule has 1 aromatic heterocycles. The quantitative estimate of drug-likeness (QED) is 0.293. The van der Waals surface area contributed by atoms with E-state index in [2.05, 4.69) is 15.6 Å². The van der Waals surface area contributed by atoms with E-state index >= 15 is 0 Å². The van der Waals surface area contributed by atoms with Crippen LogP contribution >= 0.6 is 0 Å². The summed E-state index contributed by atoms with van der Waals surface area (Å²) in [6, 6.07) is 7.97. The van der Waals surface area contributed by atoms with Crippen molar-refractivity contribution in [3.05, 3.63) is 47.9 Å². The number of hydrogen-bond acceptors (Lipinski definition) is 8. The Morgan fingerprint density at radius 1 is 1.15 bits per heavy atom. The summed E-state index contributed by atoms with van der Waals surface area (Å²) < 4.78 is 29.4. The second-order valence-corrected chi connectivity index (χ2v) is 9.89. The van der Waals surface area contributed by atoms with Crippen LogP contribution in [0.3, 0.4) is 0 Å². The first-order valence-electron chi connectivity index (χ1n) is 10.4. The average molecular weight is 483 g/mol. The highest BCUT2D eigenvalue weighted by Gasteiger charge is 2.31. The van der Waals surface area contributed by atoms with Crippen LogP contribution < -0.4 is 15.4 Å². The summed E-state index contributed by atoms with van der Waals surface area (Å²) in [5.74, 6) is -1.14. The van der Waals surface area contributed by atoms with Crippen molar-refractivity contribution in [2.75, 3.05) is 11.0 Å². The molecule has 3 unspecified atom stereocenters. The minimum atomic E-state index is -3.64. The zero-order chi connectivity index (χ0) is 24.6. The first-order chi connectivity index (χ1) is 15.4. The molecule has 0 radical (unpaired) electrons. The maximum atomic E-state index is 12.5. The molecule has 0 fully saturated rings. The maximum Gasteiger partial charge on any atom is 0.309 e. The Kier molecular flexibility index (Phi) is 9.38. The molecule has 182 valence electrons. The van der Waals surface area contributed by atoms with Crippen LogP contribution in [0.4, 0.5) is 6.01 Å². The number of aliphatic hydroxyl groups excluding tert-OH is 2. The molecule has 0 spiro atoms. The fourth-order valence-electron chi connectivity index (χ4n) is 3.06. The molecule has 0 aliphatic heterocycles. The second kappa shape index (κ2) is 11.8. The van der Waals surface area contributed by atoms with E-state index in [0.717, 1.165) is 18.1 Å². The second-order valence-electron chi connectivity index (χ2n) is 8.15. The Morgan fingerprint density at radius 2 is 1.82 bits per heavy atom. The molecule has 0 saturated heterocycles. The van der Waals surface area contributed by atoms with Crippen LogP contribution in [-0.4, -0.2) is 59.9 Å². The molecule has 11 nitrogen and oxygen atoms in total. The molecule has 1 heterocycles. The van der Waals surface area contributed by atoms with Gasteiger partial charge in [0.2, 0.25) is 15.9 Å². The Bertz CT molecular complexity index is 1020. The number of oxazole rings is 1. The van der Waals surface area contributed by atoms with Gasteiger partial charge in [-0.15, -0.1) is 0 Å². The minimum Gasteiger partial charge on any atom is -0.431 e. The third-order valence-electron chi connectivity index (χ3n) is 4.58. The molecule has 5 N–H and O–H groups in total. The highest BCUT2D eigenvalue weighted by molar-refractivity contribution is 7.91. The van der Waals surface area contributed by atoms with E-state index in [0.29, 0.717) is 6.42 Å². The third-order valence-corrected chi connectivity index (χ3v) is 5.13. The molecule has 12 heteroatoms. The van der Waals surface area contributed by atoms with Gasteiger partial charge in [-0.25, -0.2) is 13.1 Å². The number of carbonyl (C=O) groups is 2. The average Bonchev–Trinajstić information content (AvgIpc) is 3.18. The van der Waals surface area contributed by atoms with E-state index in [-0.39, 0.29) is 30.6 Å². The number of benzene rings is 1. The van der Waals surface area contributed by atoms with Crippen LogP contribution in [0.2, 0.25) is 0 Å². The van der Waals surface area contributed by atoms with E-state index in [9.17, 15) is 28.2 Å². The highest BCUT2D eigenvalue weighted by atomic mass is 32.2. The number of nitrogens with one attached hydrogen (secondary N) is 3. The lowest BCUT2D eigenvalue weighted by atomic mass is 9.94. The van der Waals surface area contributed by atoms with Crippen molar-refractivity contribution >= 4 is 27.9 Å². The lowest BCUT2D eigenvalue weighted by molar-refractivity contribution is -0.125. The van der Waals surface area contributed by atoms with Gasteiger partial charge in [-0.2, -0.15) is 4.98 Å². The van der Waals surface area contributed by atoms with Gasteiger partial charge in [-0.05, 0) is 17.9 Å². The van der Waals surface area contributed by atoms with Gasteiger partial charge in [0.05, 0.1) is 24.8 Å². The highest BCUT2D eigenvalue weighted by Crippen LogP contribution is 2.15. The van der Waals surface area contributed by atoms with Crippen LogP contribution in [-0.2, 0) is 21.4 Å². The number of anilines is 1. The topological polar surface area (TPSA) is 171 Å². The zero-order valence-corrected chi connectivity index (χ0v) is 19.5. The van der Waals surface area contributed by atoms with Crippen LogP contribution in [0.15, 0.2) is 41.0 Å². The molecule has 0 aliphatic rings. The summed E-state index contributed by atoms with van der Waals surface area (Å²) in [5.41, 5.74) is 0.681. The number of aromatic nitrogens is 1. The van der Waals surface area contributed by atoms with Crippen molar-refractivity contribution in [1.29, 1.82) is 0 Å². The van der Waals surface area contributed by atoms with E-state index in [1.807, 2.05) is 48.9 Å². The fourth-order valence-corrected chi connectivity index (χ4v) is 3.48. The predicted octanol–water partition coefficient (Wildman–Crippen LogP) is 0.619. The molecular formula is C21H30N4O7S. The smallest absolute Gasteiger partial charge is 0.309 e. The largest absolute Gasteiger partial charge is 0.431 e. The van der Waals surface area contributed by atoms with E-state index in [1.54, 1.807) is 0 Å². The molecule has 0 bridgehead atoms. The van der Waals surface area contributed by atoms with E-state index in [4.69, 9.17) is 4.42 Å². The summed E-state index contributed by atoms with van der Waals surface area (Å²) in [4.78, 5) is 28.5. The zero-order valence-electron chi connectivity index (χ0n) is 18.7. The molecule has 2 rings (SSSR count). The minimum absolute atomic E-state index is 0.0452. The van der Waals surface area contributed by atoms with Gasteiger partial charge in [-0.1, -0.05) is 44.2 Å². The van der Waals surface area contributed by atoms with Crippen molar-refractivity contribution < 1.29 is 32.6 Å². The number of amides is 2. The molecule has 2 amide bonds. The van der Waals surface area contributed by atoms with Crippen LogP contribution in [0, 0.1) is 5.92 Å². The SMILES string of the molecule is CC(C)CC(NC(=O)c1coc(NS(C)(=O)=O)n1)C(O)C(O)CC(=O)NCc1ccccc1. The predicted molar refractivity (Wildman–Crippen MR) is 121 cm³/mol. The summed E-state index contributed by atoms with van der Waals surface area (Å²) >= 11 is 0. The molecule has 0 saturated carbocycles. The van der Waals surface area contributed by atoms with Crippen LogP contribution in [0.25, 0.3) is 0 Å². The van der Waals surface area contributed by atoms with Crippen molar-refractivity contribution in [3.8, 4) is 0 Å². The first-order valence-corrected chi connectivity index (χ1v) is 12.2. The first kappa shape index (κ1) is 26.3. The van der Waals surface area contributed by atoms with Gasteiger partial charge in [0.1, 0.15) is 12.4 Å². The number of nitrogens with zero attached hydrogens (tertiary/aromatic N) is 1. The summed E-state index contributed by atoms with van der Waals surface area (Å²) in [7, 11) is -3.64. The van der Waals surface area contributed by atoms with Crippen molar-refractivity contribution in [1.82, 2.24) is 15.6 Å². The van der Waals surface area contributed by atoms with E-state index in [1.165, 1.54) is 0 Å². The normalized spacial score (nSPS) is 14.4. The number of sulfonamides is 1. The Labute approximate surface area is 192 Å². The van der Waals surface area contributed by atoms with Crippen molar-refractivity contribution in [2.24, 2.45) is 5.92 Å². The number of carbonyl (C=O) groups excluding carboxylic acids is 2. The summed E-state index contributed by atoms with van der Waals surface area (Å²) in [5, 5.41) is 26.3. The van der Waals surface area contributed by atoms with Gasteiger partial charge in [-0.3, -0.25) is 9.59 Å². The Balaban J connectivity index is 1.97. The number of hydrogen-bond donors (Lipinski definition) is 5. The van der Waals surface area contributed by atoms with E-state index < -0.39 is 40.1 Å². The van der Waals surface area contributed by atoms with Crippen molar-refractivity contribution in [3.63, 3.8) is 0 Å². The monoisotopic (exact) mass is 482 g/mol. The third kappa shape index (κ3) is 9.20. The van der Waals surface area contributed by atoms with Gasteiger partial charge in [0, 0.05) is 6.54 Å². The molecule has 1 aromatic carbocycles. The van der Waals surface area contributed by atoms with Gasteiger partial charge < -0.3 is 25.3 Å². The molecule has 0 aliphatic carbocycles. The van der Waals surface area contributed by atoms with Gasteiger partial charge in [0.15, 0.2) is 5.69 Å². The Hall–Kier alpha value is -2.96. The van der Waals surface area contributed by atoms with Gasteiger partial charge in [0.25, 0.3) is 5.91 Å². The number of aliphatic hydroxyl groups is 2. The van der Waals surface area contributed by atoms with Crippen LogP contribution in [0.5, 0.6) is 0 Å². The number of rotatable bonds is 12. The molecule has 33 heavy (non-hydrogen) atoms.